The molecule has 0 radical (unpaired) electrons. The molecule has 0 fully saturated rings. The summed E-state index contributed by atoms with van der Waals surface area (Å²) in [5.74, 6) is 7.32. The van der Waals surface area contributed by atoms with Gasteiger partial charge in [-0.25, -0.2) is 10.8 Å². The lowest BCUT2D eigenvalue weighted by atomic mass is 10.3. The Balaban J connectivity index is 1.93. The fraction of sp³-hybridized carbons (Fsp3) is 0.308. The highest BCUT2D eigenvalue weighted by molar-refractivity contribution is 7.18. The first kappa shape index (κ1) is 13.8. The van der Waals surface area contributed by atoms with Gasteiger partial charge in [0.2, 0.25) is 5.95 Å². The van der Waals surface area contributed by atoms with Crippen LogP contribution in [0.15, 0.2) is 16.7 Å². The molecule has 0 unspecified atom stereocenters. The van der Waals surface area contributed by atoms with Crippen LogP contribution in [0.4, 0.5) is 11.8 Å². The molecule has 0 atom stereocenters. The van der Waals surface area contributed by atoms with Crippen molar-refractivity contribution in [2.24, 2.45) is 5.84 Å². The van der Waals surface area contributed by atoms with Crippen molar-refractivity contribution < 1.29 is 4.52 Å². The number of fused-ring (bicyclic) bond motifs is 1. The van der Waals surface area contributed by atoms with Gasteiger partial charge in [0.25, 0.3) is 0 Å². The van der Waals surface area contributed by atoms with Gasteiger partial charge in [-0.05, 0) is 19.4 Å². The standard InChI is InChI=1S/C13H16N6OS/c1-3-9-5-10-11(15-6-8-4-7(2)19-20-8)16-13(18-14)17-12(10)21-9/h4-5H,3,6,14H2,1-2H3,(H2,15,16,17,18). The maximum absolute atomic E-state index is 5.43. The number of hydrogen-bond acceptors (Lipinski definition) is 8. The van der Waals surface area contributed by atoms with Crippen molar-refractivity contribution in [1.29, 1.82) is 0 Å². The zero-order valence-corrected chi connectivity index (χ0v) is 12.6. The molecule has 0 bridgehead atoms. The Morgan fingerprint density at radius 3 is 2.86 bits per heavy atom. The van der Waals surface area contributed by atoms with Gasteiger partial charge in [0.05, 0.1) is 17.6 Å². The van der Waals surface area contributed by atoms with Crippen molar-refractivity contribution in [2.75, 3.05) is 10.7 Å². The minimum absolute atomic E-state index is 0.392. The van der Waals surface area contributed by atoms with E-state index < -0.39 is 0 Å². The van der Waals surface area contributed by atoms with Crippen LogP contribution < -0.4 is 16.6 Å². The van der Waals surface area contributed by atoms with Crippen LogP contribution in [0.2, 0.25) is 0 Å². The first-order chi connectivity index (χ1) is 10.2. The molecule has 0 amide bonds. The quantitative estimate of drug-likeness (QED) is 0.491. The molecular weight excluding hydrogens is 288 g/mol. The molecule has 7 nitrogen and oxygen atoms in total. The topological polar surface area (TPSA) is 102 Å². The van der Waals surface area contributed by atoms with E-state index in [1.165, 1.54) is 4.88 Å². The molecule has 0 saturated heterocycles. The van der Waals surface area contributed by atoms with Crippen LogP contribution in [0.3, 0.4) is 0 Å². The maximum atomic E-state index is 5.43. The van der Waals surface area contributed by atoms with Gasteiger partial charge in [0, 0.05) is 10.9 Å². The molecule has 0 aromatic carbocycles. The van der Waals surface area contributed by atoms with E-state index in [-0.39, 0.29) is 0 Å². The lowest BCUT2D eigenvalue weighted by Crippen LogP contribution is -2.12. The molecule has 3 rings (SSSR count). The maximum Gasteiger partial charge on any atom is 0.240 e. The van der Waals surface area contributed by atoms with Crippen LogP contribution in [0.25, 0.3) is 10.2 Å². The summed E-state index contributed by atoms with van der Waals surface area (Å²) in [7, 11) is 0. The van der Waals surface area contributed by atoms with Crippen molar-refractivity contribution in [3.63, 3.8) is 0 Å². The number of nitrogen functional groups attached to an aromatic ring is 1. The van der Waals surface area contributed by atoms with Gasteiger partial charge < -0.3 is 9.84 Å². The summed E-state index contributed by atoms with van der Waals surface area (Å²) in [6, 6.07) is 3.99. The first-order valence-corrected chi connectivity index (χ1v) is 7.44. The zero-order chi connectivity index (χ0) is 14.8. The Kier molecular flexibility index (Phi) is 3.72. The number of nitrogens with zero attached hydrogens (tertiary/aromatic N) is 3. The first-order valence-electron chi connectivity index (χ1n) is 6.62. The van der Waals surface area contributed by atoms with Crippen molar-refractivity contribution in [2.45, 2.75) is 26.8 Å². The second kappa shape index (κ2) is 5.66. The van der Waals surface area contributed by atoms with Crippen molar-refractivity contribution in [3.8, 4) is 0 Å². The highest BCUT2D eigenvalue weighted by atomic mass is 32.1. The third-order valence-electron chi connectivity index (χ3n) is 3.03. The minimum Gasteiger partial charge on any atom is -0.362 e. The molecule has 0 saturated carbocycles. The molecular formula is C13H16N6OS. The summed E-state index contributed by atoms with van der Waals surface area (Å²) >= 11 is 1.64. The lowest BCUT2D eigenvalue weighted by molar-refractivity contribution is 0.384. The summed E-state index contributed by atoms with van der Waals surface area (Å²) in [4.78, 5) is 10.9. The predicted octanol–water partition coefficient (Wildman–Crippen LogP) is 2.45. The Hall–Kier alpha value is -2.19. The summed E-state index contributed by atoms with van der Waals surface area (Å²) < 4.78 is 5.19. The van der Waals surface area contributed by atoms with Crippen molar-refractivity contribution in [1.82, 2.24) is 15.1 Å². The van der Waals surface area contributed by atoms with E-state index in [2.05, 4.69) is 38.9 Å². The van der Waals surface area contributed by atoms with Gasteiger partial charge >= 0.3 is 0 Å². The highest BCUT2D eigenvalue weighted by Crippen LogP contribution is 2.30. The average molecular weight is 304 g/mol. The smallest absolute Gasteiger partial charge is 0.240 e. The molecule has 0 aliphatic carbocycles. The fourth-order valence-corrected chi connectivity index (χ4v) is 2.98. The number of hydrazine groups is 1. The van der Waals surface area contributed by atoms with Crippen LogP contribution in [-0.4, -0.2) is 15.1 Å². The zero-order valence-electron chi connectivity index (χ0n) is 11.8. The fourth-order valence-electron chi connectivity index (χ4n) is 2.02. The van der Waals surface area contributed by atoms with E-state index >= 15 is 0 Å². The van der Waals surface area contributed by atoms with Crippen LogP contribution in [0, 0.1) is 6.92 Å². The molecule has 3 aromatic rings. The monoisotopic (exact) mass is 304 g/mol. The number of aromatic nitrogens is 3. The van der Waals surface area contributed by atoms with Gasteiger partial charge in [0.15, 0.2) is 5.76 Å². The molecule has 8 heteroatoms. The van der Waals surface area contributed by atoms with Crippen LogP contribution in [0.1, 0.15) is 23.3 Å². The van der Waals surface area contributed by atoms with Gasteiger partial charge in [-0.2, -0.15) is 4.98 Å². The second-order valence-corrected chi connectivity index (χ2v) is 5.73. The number of anilines is 2. The van der Waals surface area contributed by atoms with E-state index in [4.69, 9.17) is 10.4 Å². The van der Waals surface area contributed by atoms with Crippen LogP contribution >= 0.6 is 11.3 Å². The van der Waals surface area contributed by atoms with Crippen molar-refractivity contribution >= 4 is 33.3 Å². The summed E-state index contributed by atoms with van der Waals surface area (Å²) in [6.45, 7) is 4.51. The minimum atomic E-state index is 0.392. The molecule has 0 spiro atoms. The van der Waals surface area contributed by atoms with Gasteiger partial charge in [0.1, 0.15) is 10.6 Å². The third-order valence-corrected chi connectivity index (χ3v) is 4.20. The van der Waals surface area contributed by atoms with E-state index in [0.29, 0.717) is 12.5 Å². The molecule has 4 N–H and O–H groups in total. The molecule has 3 heterocycles. The second-order valence-electron chi connectivity index (χ2n) is 4.61. The number of thiophene rings is 1. The number of nitrogens with one attached hydrogen (secondary N) is 2. The van der Waals surface area contributed by atoms with Gasteiger partial charge in [-0.3, -0.25) is 5.43 Å². The molecule has 0 aliphatic heterocycles. The Labute approximate surface area is 125 Å². The van der Waals surface area contributed by atoms with Gasteiger partial charge in [-0.1, -0.05) is 12.1 Å². The Morgan fingerprint density at radius 2 is 2.19 bits per heavy atom. The summed E-state index contributed by atoms with van der Waals surface area (Å²) in [6.07, 6.45) is 0.965. The molecule has 0 aliphatic rings. The number of nitrogens with two attached hydrogens (primary N) is 1. The lowest BCUT2D eigenvalue weighted by Gasteiger charge is -2.06. The predicted molar refractivity (Wildman–Crippen MR) is 83.2 cm³/mol. The van der Waals surface area contributed by atoms with E-state index in [9.17, 15) is 0 Å². The van der Waals surface area contributed by atoms with E-state index in [1.807, 2.05) is 13.0 Å². The molecule has 3 aromatic heterocycles. The molecule has 21 heavy (non-hydrogen) atoms. The van der Waals surface area contributed by atoms with E-state index in [0.717, 1.165) is 33.9 Å². The number of aryl methyl sites for hydroxylation is 2. The SMILES string of the molecule is CCc1cc2c(NCc3cc(C)no3)nc(NN)nc2s1. The van der Waals surface area contributed by atoms with E-state index in [1.54, 1.807) is 11.3 Å². The summed E-state index contributed by atoms with van der Waals surface area (Å²) in [5.41, 5.74) is 3.35. The third kappa shape index (κ3) is 2.81. The normalized spacial score (nSPS) is 11.0. The van der Waals surface area contributed by atoms with Gasteiger partial charge in [-0.15, -0.1) is 11.3 Å². The van der Waals surface area contributed by atoms with Crippen molar-refractivity contribution in [3.05, 3.63) is 28.5 Å². The number of rotatable bonds is 5. The Morgan fingerprint density at radius 1 is 1.33 bits per heavy atom. The highest BCUT2D eigenvalue weighted by Gasteiger charge is 2.11. The van der Waals surface area contributed by atoms with Crippen LogP contribution in [-0.2, 0) is 13.0 Å². The summed E-state index contributed by atoms with van der Waals surface area (Å²) in [5, 5.41) is 8.11. The number of hydrogen-bond donors (Lipinski definition) is 3. The average Bonchev–Trinajstić information content (AvgIpc) is 3.10. The Bertz CT molecular complexity index is 765. The largest absolute Gasteiger partial charge is 0.362 e. The molecule has 110 valence electrons. The van der Waals surface area contributed by atoms with Crippen LogP contribution in [0.5, 0.6) is 0 Å².